The highest BCUT2D eigenvalue weighted by Gasteiger charge is 2.23. The third-order valence-electron chi connectivity index (χ3n) is 4.86. The molecule has 1 amide bonds. The van der Waals surface area contributed by atoms with Crippen LogP contribution in [0, 0.1) is 0 Å². The number of rotatable bonds is 10. The lowest BCUT2D eigenvalue weighted by Crippen LogP contribution is -2.20. The van der Waals surface area contributed by atoms with Gasteiger partial charge in [-0.25, -0.2) is 28.0 Å². The van der Waals surface area contributed by atoms with Crippen LogP contribution < -0.4 is 5.43 Å². The fourth-order valence-corrected chi connectivity index (χ4v) is 4.04. The van der Waals surface area contributed by atoms with Gasteiger partial charge in [0.25, 0.3) is 18.8 Å². The molecule has 4 rings (SSSR count). The van der Waals surface area contributed by atoms with Gasteiger partial charge < -0.3 is 4.57 Å². The first-order chi connectivity index (χ1) is 17.4. The molecule has 0 radical (unpaired) electrons. The van der Waals surface area contributed by atoms with Gasteiger partial charge in [-0.15, -0.1) is 10.2 Å². The van der Waals surface area contributed by atoms with Crippen LogP contribution in [0.2, 0.25) is 0 Å². The molecule has 3 heterocycles. The van der Waals surface area contributed by atoms with Crippen molar-refractivity contribution < 1.29 is 22.4 Å². The van der Waals surface area contributed by atoms with Crippen molar-refractivity contribution in [1.82, 2.24) is 39.9 Å². The first-order valence-corrected chi connectivity index (χ1v) is 11.6. The summed E-state index contributed by atoms with van der Waals surface area (Å²) in [7, 11) is 0. The van der Waals surface area contributed by atoms with Crippen molar-refractivity contribution in [3.63, 3.8) is 0 Å². The molecule has 10 nitrogen and oxygen atoms in total. The molecule has 0 spiro atoms. The van der Waals surface area contributed by atoms with Crippen LogP contribution in [0.15, 0.2) is 46.8 Å². The second-order valence-electron chi connectivity index (χ2n) is 7.26. The molecule has 4 aromatic rings. The molecule has 0 aliphatic rings. The van der Waals surface area contributed by atoms with Crippen molar-refractivity contribution in [2.24, 2.45) is 5.10 Å². The number of benzene rings is 1. The Kier molecular flexibility index (Phi) is 7.87. The van der Waals surface area contributed by atoms with Gasteiger partial charge >= 0.3 is 0 Å². The van der Waals surface area contributed by atoms with E-state index in [-0.39, 0.29) is 18.1 Å². The van der Waals surface area contributed by atoms with Gasteiger partial charge in [0.15, 0.2) is 11.0 Å². The number of carbonyl (C=O) groups excluding carboxylic acids is 1. The van der Waals surface area contributed by atoms with E-state index < -0.39 is 30.1 Å². The van der Waals surface area contributed by atoms with Gasteiger partial charge in [-0.2, -0.15) is 10.2 Å². The van der Waals surface area contributed by atoms with E-state index in [0.29, 0.717) is 29.0 Å². The number of amides is 1. The summed E-state index contributed by atoms with van der Waals surface area (Å²) in [5, 5.41) is 15.8. The van der Waals surface area contributed by atoms with Crippen molar-refractivity contribution in [3.05, 3.63) is 59.4 Å². The predicted octanol–water partition coefficient (Wildman–Crippen LogP) is 3.60. The van der Waals surface area contributed by atoms with Crippen LogP contribution in [0.3, 0.4) is 0 Å². The van der Waals surface area contributed by atoms with Gasteiger partial charge in [-0.3, -0.25) is 14.5 Å². The molecular formula is C21H19F4N9OS. The van der Waals surface area contributed by atoms with Crippen LogP contribution in [-0.2, 0) is 17.9 Å². The van der Waals surface area contributed by atoms with E-state index in [4.69, 9.17) is 0 Å². The minimum Gasteiger partial charge on any atom is -0.305 e. The molecule has 36 heavy (non-hydrogen) atoms. The standard InChI is InChI=1S/C21H19F4N9OS/c1-2-33-17(10-34-16(20(24)25)7-15(32-34)19(22)23)29-31-21(33)36-11-18(35)30-27-9-12-8-26-13-5-3-4-6-14(13)28-12/h3-9,19-20H,2,10-11H2,1H3,(H,30,35)/b27-9+. The molecule has 0 aliphatic heterocycles. The number of hydrogen-bond donors (Lipinski definition) is 1. The maximum atomic E-state index is 13.3. The van der Waals surface area contributed by atoms with Crippen molar-refractivity contribution in [1.29, 1.82) is 0 Å². The van der Waals surface area contributed by atoms with Gasteiger partial charge in [-0.1, -0.05) is 23.9 Å². The van der Waals surface area contributed by atoms with Crippen LogP contribution in [0.5, 0.6) is 0 Å². The van der Waals surface area contributed by atoms with Crippen molar-refractivity contribution in [2.75, 3.05) is 5.75 Å². The Morgan fingerprint density at radius 3 is 2.67 bits per heavy atom. The summed E-state index contributed by atoms with van der Waals surface area (Å²) in [5.74, 6) is -0.247. The Hall–Kier alpha value is -3.88. The largest absolute Gasteiger partial charge is 0.305 e. The van der Waals surface area contributed by atoms with Gasteiger partial charge in [0, 0.05) is 6.54 Å². The number of nitrogens with zero attached hydrogens (tertiary/aromatic N) is 8. The third kappa shape index (κ3) is 5.84. The molecule has 0 saturated carbocycles. The summed E-state index contributed by atoms with van der Waals surface area (Å²) in [6, 6.07) is 8.00. The smallest absolute Gasteiger partial charge is 0.282 e. The first-order valence-electron chi connectivity index (χ1n) is 10.6. The number of alkyl halides is 4. The van der Waals surface area contributed by atoms with Crippen LogP contribution in [0.25, 0.3) is 11.0 Å². The minimum absolute atomic E-state index is 0.0571. The molecule has 188 valence electrons. The Morgan fingerprint density at radius 1 is 1.17 bits per heavy atom. The second kappa shape index (κ2) is 11.2. The average Bonchev–Trinajstić information content (AvgIpc) is 3.47. The molecule has 1 aromatic carbocycles. The lowest BCUT2D eigenvalue weighted by molar-refractivity contribution is -0.118. The monoisotopic (exact) mass is 521 g/mol. The highest BCUT2D eigenvalue weighted by atomic mass is 32.2. The van der Waals surface area contributed by atoms with Gasteiger partial charge in [-0.05, 0) is 25.1 Å². The van der Waals surface area contributed by atoms with E-state index in [2.05, 4.69) is 35.8 Å². The number of carbonyl (C=O) groups is 1. The molecule has 15 heteroatoms. The molecule has 1 N–H and O–H groups in total. The molecule has 0 fully saturated rings. The minimum atomic E-state index is -2.98. The maximum Gasteiger partial charge on any atom is 0.282 e. The number of para-hydroxylation sites is 2. The molecular weight excluding hydrogens is 502 g/mol. The number of fused-ring (bicyclic) bond motifs is 1. The van der Waals surface area contributed by atoms with E-state index in [1.807, 2.05) is 24.3 Å². The van der Waals surface area contributed by atoms with E-state index >= 15 is 0 Å². The Balaban J connectivity index is 1.37. The summed E-state index contributed by atoms with van der Waals surface area (Å²) in [5.41, 5.74) is 2.90. The molecule has 0 unspecified atom stereocenters. The first kappa shape index (κ1) is 25.2. The fourth-order valence-electron chi connectivity index (χ4n) is 3.22. The van der Waals surface area contributed by atoms with Crippen LogP contribution in [0.4, 0.5) is 17.6 Å². The normalized spacial score (nSPS) is 11.9. The Bertz CT molecular complexity index is 1390. The van der Waals surface area contributed by atoms with Crippen molar-refractivity contribution in [3.8, 4) is 0 Å². The average molecular weight is 522 g/mol. The van der Waals surface area contributed by atoms with E-state index in [9.17, 15) is 22.4 Å². The highest BCUT2D eigenvalue weighted by Crippen LogP contribution is 2.26. The van der Waals surface area contributed by atoms with Gasteiger partial charge in [0.05, 0.1) is 29.2 Å². The Morgan fingerprint density at radius 2 is 1.94 bits per heavy atom. The summed E-state index contributed by atoms with van der Waals surface area (Å²) in [6.45, 7) is 1.85. The van der Waals surface area contributed by atoms with Crippen molar-refractivity contribution >= 4 is 34.9 Å². The van der Waals surface area contributed by atoms with Crippen LogP contribution in [0.1, 0.15) is 42.7 Å². The van der Waals surface area contributed by atoms with Crippen LogP contribution in [-0.4, -0.2) is 52.4 Å². The summed E-state index contributed by atoms with van der Waals surface area (Å²) in [4.78, 5) is 20.8. The quantitative estimate of drug-likeness (QED) is 0.147. The lowest BCUT2D eigenvalue weighted by atomic mass is 10.3. The number of hydrazone groups is 1. The SMILES string of the molecule is CCn1c(Cn2nc(C(F)F)cc2C(F)F)nnc1SCC(=O)N/N=C/c1cnc2ccccc2n1. The van der Waals surface area contributed by atoms with Gasteiger partial charge in [0.1, 0.15) is 23.6 Å². The molecule has 0 bridgehead atoms. The predicted molar refractivity (Wildman–Crippen MR) is 123 cm³/mol. The van der Waals surface area contributed by atoms with Crippen LogP contribution >= 0.6 is 11.8 Å². The summed E-state index contributed by atoms with van der Waals surface area (Å²) < 4.78 is 54.8. The fraction of sp³-hybridized carbons (Fsp3) is 0.286. The molecule has 3 aromatic heterocycles. The van der Waals surface area contributed by atoms with E-state index in [0.717, 1.165) is 22.0 Å². The maximum absolute atomic E-state index is 13.3. The topological polar surface area (TPSA) is 116 Å². The Labute approximate surface area is 205 Å². The van der Waals surface area contributed by atoms with E-state index in [1.54, 1.807) is 11.5 Å². The summed E-state index contributed by atoms with van der Waals surface area (Å²) >= 11 is 1.06. The number of halogens is 4. The van der Waals surface area contributed by atoms with Crippen molar-refractivity contribution in [2.45, 2.75) is 38.0 Å². The van der Waals surface area contributed by atoms with Gasteiger partial charge in [0.2, 0.25) is 0 Å². The second-order valence-corrected chi connectivity index (χ2v) is 8.20. The molecule has 0 atom stereocenters. The molecule has 0 aliphatic carbocycles. The lowest BCUT2D eigenvalue weighted by Gasteiger charge is -2.09. The zero-order valence-corrected chi connectivity index (χ0v) is 19.5. The summed E-state index contributed by atoms with van der Waals surface area (Å²) in [6.07, 6.45) is -3.07. The number of nitrogens with one attached hydrogen (secondary N) is 1. The zero-order chi connectivity index (χ0) is 25.7. The third-order valence-corrected chi connectivity index (χ3v) is 5.83. The molecule has 0 saturated heterocycles. The zero-order valence-electron chi connectivity index (χ0n) is 18.7. The van der Waals surface area contributed by atoms with E-state index in [1.165, 1.54) is 12.4 Å². The number of aromatic nitrogens is 7. The number of hydrogen-bond acceptors (Lipinski definition) is 8. The number of thioether (sulfide) groups is 1. The highest BCUT2D eigenvalue weighted by molar-refractivity contribution is 7.99.